The number of nitrogens with zero attached hydrogens (tertiary/aromatic N) is 4. The average Bonchev–Trinajstić information content (AvgIpc) is 3.22. The molecular weight excluding hydrogens is 432 g/mol. The molecule has 0 bridgehead atoms. The van der Waals surface area contributed by atoms with Gasteiger partial charge in [0, 0.05) is 25.2 Å². The predicted octanol–water partition coefficient (Wildman–Crippen LogP) is 5.00. The number of amides is 1. The SMILES string of the molecule is CCOc1ccc(-n2c(Cc3ccccc3)nnc2SC(C)C(=O)N2CCC(C)CC2)cc1. The third-order valence-electron chi connectivity index (χ3n) is 6.04. The lowest BCUT2D eigenvalue weighted by molar-refractivity contribution is -0.131. The van der Waals surface area contributed by atoms with Gasteiger partial charge in [-0.1, -0.05) is 49.0 Å². The Morgan fingerprint density at radius 1 is 1.09 bits per heavy atom. The summed E-state index contributed by atoms with van der Waals surface area (Å²) in [6, 6.07) is 18.2. The number of carbonyl (C=O) groups is 1. The quantitative estimate of drug-likeness (QED) is 0.439. The molecule has 0 spiro atoms. The maximum atomic E-state index is 13.1. The van der Waals surface area contributed by atoms with Crippen molar-refractivity contribution in [3.63, 3.8) is 0 Å². The summed E-state index contributed by atoms with van der Waals surface area (Å²) in [7, 11) is 0. The number of hydrogen-bond donors (Lipinski definition) is 0. The number of hydrogen-bond acceptors (Lipinski definition) is 5. The van der Waals surface area contributed by atoms with Gasteiger partial charge in [-0.05, 0) is 62.4 Å². The topological polar surface area (TPSA) is 60.2 Å². The number of piperidine rings is 1. The van der Waals surface area contributed by atoms with Crippen LogP contribution in [0, 0.1) is 5.92 Å². The molecular formula is C26H32N4O2S. The van der Waals surface area contributed by atoms with Gasteiger partial charge >= 0.3 is 0 Å². The second-order valence-corrected chi connectivity index (χ2v) is 9.90. The van der Waals surface area contributed by atoms with E-state index in [0.717, 1.165) is 48.3 Å². The number of benzene rings is 2. The molecule has 3 aromatic rings. The number of likely N-dealkylation sites (tertiary alicyclic amines) is 1. The van der Waals surface area contributed by atoms with Crippen molar-refractivity contribution in [3.8, 4) is 11.4 Å². The van der Waals surface area contributed by atoms with Gasteiger partial charge < -0.3 is 9.64 Å². The van der Waals surface area contributed by atoms with E-state index in [2.05, 4.69) is 33.8 Å². The van der Waals surface area contributed by atoms with Crippen LogP contribution < -0.4 is 4.74 Å². The highest BCUT2D eigenvalue weighted by Gasteiger charge is 2.27. The Morgan fingerprint density at radius 2 is 1.79 bits per heavy atom. The molecule has 1 fully saturated rings. The van der Waals surface area contributed by atoms with Gasteiger partial charge in [-0.2, -0.15) is 0 Å². The summed E-state index contributed by atoms with van der Waals surface area (Å²) < 4.78 is 7.67. The van der Waals surface area contributed by atoms with E-state index in [9.17, 15) is 4.79 Å². The Hall–Kier alpha value is -2.80. The molecule has 2 aromatic carbocycles. The van der Waals surface area contributed by atoms with Crippen LogP contribution in [-0.4, -0.2) is 50.5 Å². The summed E-state index contributed by atoms with van der Waals surface area (Å²) in [4.78, 5) is 15.1. The number of thioether (sulfide) groups is 1. The van der Waals surface area contributed by atoms with Crippen LogP contribution in [0.4, 0.5) is 0 Å². The molecule has 6 nitrogen and oxygen atoms in total. The van der Waals surface area contributed by atoms with Crippen LogP contribution in [0.15, 0.2) is 59.8 Å². The van der Waals surface area contributed by atoms with Gasteiger partial charge in [0.15, 0.2) is 5.16 Å². The Labute approximate surface area is 200 Å². The van der Waals surface area contributed by atoms with Crippen LogP contribution in [0.1, 0.15) is 45.0 Å². The van der Waals surface area contributed by atoms with Crippen molar-refractivity contribution >= 4 is 17.7 Å². The van der Waals surface area contributed by atoms with E-state index in [1.807, 2.05) is 61.2 Å². The van der Waals surface area contributed by atoms with E-state index in [0.29, 0.717) is 18.9 Å². The zero-order valence-electron chi connectivity index (χ0n) is 19.6. The molecule has 4 rings (SSSR count). The molecule has 0 saturated carbocycles. The van der Waals surface area contributed by atoms with E-state index < -0.39 is 0 Å². The van der Waals surface area contributed by atoms with Crippen molar-refractivity contribution < 1.29 is 9.53 Å². The average molecular weight is 465 g/mol. The Morgan fingerprint density at radius 3 is 2.45 bits per heavy atom. The van der Waals surface area contributed by atoms with Crippen molar-refractivity contribution in [3.05, 3.63) is 66.0 Å². The van der Waals surface area contributed by atoms with Crippen LogP contribution in [0.2, 0.25) is 0 Å². The lowest BCUT2D eigenvalue weighted by atomic mass is 9.99. The summed E-state index contributed by atoms with van der Waals surface area (Å²) in [6.07, 6.45) is 2.81. The van der Waals surface area contributed by atoms with Crippen molar-refractivity contribution in [1.82, 2.24) is 19.7 Å². The third kappa shape index (κ3) is 5.77. The molecule has 1 aromatic heterocycles. The fraction of sp³-hybridized carbons (Fsp3) is 0.423. The van der Waals surface area contributed by atoms with Crippen molar-refractivity contribution in [2.24, 2.45) is 5.92 Å². The molecule has 1 aliphatic rings. The predicted molar refractivity (Wildman–Crippen MR) is 132 cm³/mol. The highest BCUT2D eigenvalue weighted by Crippen LogP contribution is 2.29. The largest absolute Gasteiger partial charge is 0.494 e. The van der Waals surface area contributed by atoms with Crippen LogP contribution >= 0.6 is 11.8 Å². The molecule has 0 aliphatic carbocycles. The second kappa shape index (κ2) is 10.9. The standard InChI is InChI=1S/C26H32N4O2S/c1-4-32-23-12-10-22(11-13-23)30-24(18-21-8-6-5-7-9-21)27-28-26(30)33-20(3)25(31)29-16-14-19(2)15-17-29/h5-13,19-20H,4,14-18H2,1-3H3. The first-order valence-corrected chi connectivity index (χ1v) is 12.6. The summed E-state index contributed by atoms with van der Waals surface area (Å²) in [5.74, 6) is 2.55. The molecule has 1 saturated heterocycles. The number of carbonyl (C=O) groups excluding carboxylic acids is 1. The lowest BCUT2D eigenvalue weighted by Crippen LogP contribution is -2.41. The monoisotopic (exact) mass is 464 g/mol. The maximum Gasteiger partial charge on any atom is 0.235 e. The van der Waals surface area contributed by atoms with Gasteiger partial charge in [-0.3, -0.25) is 9.36 Å². The molecule has 2 heterocycles. The minimum atomic E-state index is -0.228. The first-order valence-electron chi connectivity index (χ1n) is 11.7. The Balaban J connectivity index is 1.59. The van der Waals surface area contributed by atoms with Gasteiger partial charge in [-0.25, -0.2) is 0 Å². The summed E-state index contributed by atoms with van der Waals surface area (Å²) in [6.45, 7) is 8.52. The van der Waals surface area contributed by atoms with Gasteiger partial charge in [0.1, 0.15) is 11.6 Å². The van der Waals surface area contributed by atoms with Crippen LogP contribution in [0.25, 0.3) is 5.69 Å². The smallest absolute Gasteiger partial charge is 0.235 e. The highest BCUT2D eigenvalue weighted by atomic mass is 32.2. The van der Waals surface area contributed by atoms with E-state index in [4.69, 9.17) is 4.74 Å². The van der Waals surface area contributed by atoms with Crippen molar-refractivity contribution in [2.75, 3.05) is 19.7 Å². The molecule has 1 amide bonds. The van der Waals surface area contributed by atoms with Gasteiger partial charge in [-0.15, -0.1) is 10.2 Å². The first-order chi connectivity index (χ1) is 16.0. The molecule has 1 atom stereocenters. The second-order valence-electron chi connectivity index (χ2n) is 8.59. The van der Waals surface area contributed by atoms with Crippen LogP contribution in [0.5, 0.6) is 5.75 Å². The minimum Gasteiger partial charge on any atom is -0.494 e. The Bertz CT molecular complexity index is 1040. The van der Waals surface area contributed by atoms with E-state index in [1.54, 1.807) is 0 Å². The molecule has 174 valence electrons. The van der Waals surface area contributed by atoms with Gasteiger partial charge in [0.05, 0.1) is 11.9 Å². The zero-order chi connectivity index (χ0) is 23.2. The number of rotatable bonds is 8. The minimum absolute atomic E-state index is 0.178. The summed E-state index contributed by atoms with van der Waals surface area (Å²) in [5.41, 5.74) is 2.13. The molecule has 7 heteroatoms. The Kier molecular flexibility index (Phi) is 7.70. The van der Waals surface area contributed by atoms with E-state index >= 15 is 0 Å². The first kappa shape index (κ1) is 23.4. The van der Waals surface area contributed by atoms with Crippen LogP contribution in [0.3, 0.4) is 0 Å². The molecule has 33 heavy (non-hydrogen) atoms. The maximum absolute atomic E-state index is 13.1. The fourth-order valence-electron chi connectivity index (χ4n) is 4.08. The highest BCUT2D eigenvalue weighted by molar-refractivity contribution is 8.00. The van der Waals surface area contributed by atoms with E-state index in [-0.39, 0.29) is 11.2 Å². The van der Waals surface area contributed by atoms with Crippen molar-refractivity contribution in [2.45, 2.75) is 50.4 Å². The van der Waals surface area contributed by atoms with E-state index in [1.165, 1.54) is 17.3 Å². The lowest BCUT2D eigenvalue weighted by Gasteiger charge is -2.32. The zero-order valence-corrected chi connectivity index (χ0v) is 20.4. The molecule has 1 aliphatic heterocycles. The normalized spacial score (nSPS) is 15.4. The summed E-state index contributed by atoms with van der Waals surface area (Å²) >= 11 is 1.48. The third-order valence-corrected chi connectivity index (χ3v) is 7.07. The summed E-state index contributed by atoms with van der Waals surface area (Å²) in [5, 5.41) is 9.52. The molecule has 1 unspecified atom stereocenters. The van der Waals surface area contributed by atoms with Gasteiger partial charge in [0.2, 0.25) is 5.91 Å². The molecule has 0 radical (unpaired) electrons. The van der Waals surface area contributed by atoms with Crippen molar-refractivity contribution in [1.29, 1.82) is 0 Å². The fourth-order valence-corrected chi connectivity index (χ4v) is 5.05. The van der Waals surface area contributed by atoms with Gasteiger partial charge in [0.25, 0.3) is 0 Å². The molecule has 0 N–H and O–H groups in total. The number of ether oxygens (including phenoxy) is 1. The van der Waals surface area contributed by atoms with Crippen LogP contribution in [-0.2, 0) is 11.2 Å². The number of aromatic nitrogens is 3.